The van der Waals surface area contributed by atoms with E-state index in [0.717, 1.165) is 0 Å². The molecule has 0 radical (unpaired) electrons. The second-order valence-electron chi connectivity index (χ2n) is 5.10. The number of rotatable bonds is 5. The van der Waals surface area contributed by atoms with Crippen molar-refractivity contribution in [3.63, 3.8) is 0 Å². The molecule has 0 bridgehead atoms. The highest BCUT2D eigenvalue weighted by atomic mass is 16.6. The van der Waals surface area contributed by atoms with Crippen molar-refractivity contribution in [3.8, 4) is 22.5 Å². The van der Waals surface area contributed by atoms with Crippen molar-refractivity contribution < 1.29 is 19.0 Å². The van der Waals surface area contributed by atoms with Gasteiger partial charge in [-0.3, -0.25) is 10.1 Å². The molecule has 2 aromatic heterocycles. The number of ether oxygens (including phenoxy) is 1. The average Bonchev–Trinajstić information content (AvgIpc) is 3.22. The van der Waals surface area contributed by atoms with Crippen LogP contribution in [0.4, 0.5) is 11.5 Å². The standard InChI is InChI=1S/C16H14N4O5/c1-2-24-16(21)12-7-10(8-18-12)14-13(15(17)19-25-14)9-3-5-11(6-4-9)20(22)23/h3-8,18H,2H2,1H3,(H2,17,19). The van der Waals surface area contributed by atoms with Crippen molar-refractivity contribution in [1.82, 2.24) is 10.1 Å². The number of nitro benzene ring substituents is 1. The Morgan fingerprint density at radius 3 is 2.72 bits per heavy atom. The molecule has 0 fully saturated rings. The van der Waals surface area contributed by atoms with Crippen LogP contribution in [0.2, 0.25) is 0 Å². The van der Waals surface area contributed by atoms with Gasteiger partial charge in [0.1, 0.15) is 5.69 Å². The Kier molecular flexibility index (Phi) is 4.21. The minimum atomic E-state index is -0.488. The number of hydrogen-bond donors (Lipinski definition) is 2. The van der Waals surface area contributed by atoms with Gasteiger partial charge in [0.25, 0.3) is 5.69 Å². The molecule has 2 heterocycles. The van der Waals surface area contributed by atoms with Gasteiger partial charge in [0, 0.05) is 23.9 Å². The molecular weight excluding hydrogens is 328 g/mol. The first-order chi connectivity index (χ1) is 12.0. The molecule has 9 nitrogen and oxygen atoms in total. The summed E-state index contributed by atoms with van der Waals surface area (Å²) in [5, 5.41) is 14.5. The van der Waals surface area contributed by atoms with Crippen LogP contribution in [0.5, 0.6) is 0 Å². The zero-order chi connectivity index (χ0) is 18.0. The average molecular weight is 342 g/mol. The van der Waals surface area contributed by atoms with Crippen LogP contribution >= 0.6 is 0 Å². The maximum absolute atomic E-state index is 11.8. The first-order valence-electron chi connectivity index (χ1n) is 7.37. The number of nitro groups is 1. The molecule has 9 heteroatoms. The van der Waals surface area contributed by atoms with Crippen LogP contribution in [-0.2, 0) is 4.74 Å². The van der Waals surface area contributed by atoms with Crippen molar-refractivity contribution in [3.05, 3.63) is 52.3 Å². The van der Waals surface area contributed by atoms with Crippen LogP contribution in [-0.4, -0.2) is 27.6 Å². The predicted molar refractivity (Wildman–Crippen MR) is 88.7 cm³/mol. The zero-order valence-corrected chi connectivity index (χ0v) is 13.2. The Bertz CT molecular complexity index is 926. The van der Waals surface area contributed by atoms with Crippen LogP contribution in [0.3, 0.4) is 0 Å². The van der Waals surface area contributed by atoms with Crippen molar-refractivity contribution in [2.24, 2.45) is 0 Å². The largest absolute Gasteiger partial charge is 0.461 e. The third-order valence-corrected chi connectivity index (χ3v) is 3.53. The molecule has 3 rings (SSSR count). The number of nitrogens with two attached hydrogens (primary N) is 1. The van der Waals surface area contributed by atoms with E-state index in [-0.39, 0.29) is 23.8 Å². The second kappa shape index (κ2) is 6.48. The lowest BCUT2D eigenvalue weighted by Crippen LogP contribution is -2.04. The molecule has 0 atom stereocenters. The van der Waals surface area contributed by atoms with Gasteiger partial charge in [-0.15, -0.1) is 0 Å². The fourth-order valence-electron chi connectivity index (χ4n) is 2.38. The number of carbonyl (C=O) groups excluding carboxylic acids is 1. The molecule has 0 amide bonds. The zero-order valence-electron chi connectivity index (χ0n) is 13.2. The maximum Gasteiger partial charge on any atom is 0.354 e. The van der Waals surface area contributed by atoms with E-state index < -0.39 is 10.9 Å². The minimum absolute atomic E-state index is 0.0356. The second-order valence-corrected chi connectivity index (χ2v) is 5.10. The highest BCUT2D eigenvalue weighted by Crippen LogP contribution is 2.37. The molecule has 25 heavy (non-hydrogen) atoms. The molecular formula is C16H14N4O5. The summed E-state index contributed by atoms with van der Waals surface area (Å²) in [6.07, 6.45) is 1.57. The Morgan fingerprint density at radius 2 is 2.08 bits per heavy atom. The number of nitrogen functional groups attached to an aromatic ring is 1. The van der Waals surface area contributed by atoms with Crippen molar-refractivity contribution in [2.75, 3.05) is 12.3 Å². The molecule has 3 N–H and O–H groups in total. The van der Waals surface area contributed by atoms with Crippen LogP contribution in [0.15, 0.2) is 41.1 Å². The fraction of sp³-hybridized carbons (Fsp3) is 0.125. The molecule has 0 unspecified atom stereocenters. The smallest absolute Gasteiger partial charge is 0.354 e. The monoisotopic (exact) mass is 342 g/mol. The molecule has 0 aliphatic carbocycles. The van der Waals surface area contributed by atoms with Crippen LogP contribution < -0.4 is 5.73 Å². The maximum atomic E-state index is 11.8. The van der Waals surface area contributed by atoms with E-state index >= 15 is 0 Å². The van der Waals surface area contributed by atoms with Gasteiger partial charge in [-0.25, -0.2) is 4.79 Å². The van der Waals surface area contributed by atoms with Crippen LogP contribution in [0.25, 0.3) is 22.5 Å². The Labute approximate surface area is 141 Å². The summed E-state index contributed by atoms with van der Waals surface area (Å²) in [7, 11) is 0. The van der Waals surface area contributed by atoms with E-state index in [1.807, 2.05) is 0 Å². The van der Waals surface area contributed by atoms with E-state index in [1.54, 1.807) is 31.3 Å². The first-order valence-corrected chi connectivity index (χ1v) is 7.37. The molecule has 1 aromatic carbocycles. The summed E-state index contributed by atoms with van der Waals surface area (Å²) in [6.45, 7) is 1.97. The molecule has 0 saturated heterocycles. The first kappa shape index (κ1) is 16.2. The van der Waals surface area contributed by atoms with Gasteiger partial charge in [-0.2, -0.15) is 0 Å². The number of aromatic amines is 1. The number of benzene rings is 1. The van der Waals surface area contributed by atoms with E-state index in [2.05, 4.69) is 10.1 Å². The van der Waals surface area contributed by atoms with E-state index in [9.17, 15) is 14.9 Å². The third kappa shape index (κ3) is 3.07. The van der Waals surface area contributed by atoms with Crippen molar-refractivity contribution in [1.29, 1.82) is 0 Å². The van der Waals surface area contributed by atoms with Crippen LogP contribution in [0.1, 0.15) is 17.4 Å². The summed E-state index contributed by atoms with van der Waals surface area (Å²) in [5.74, 6) is -0.000914. The van der Waals surface area contributed by atoms with Gasteiger partial charge in [-0.05, 0) is 30.7 Å². The molecule has 0 saturated carbocycles. The summed E-state index contributed by atoms with van der Waals surface area (Å²) < 4.78 is 10.2. The lowest BCUT2D eigenvalue weighted by atomic mass is 10.0. The molecule has 0 spiro atoms. The number of H-pyrrole nitrogens is 1. The SMILES string of the molecule is CCOC(=O)c1cc(-c2onc(N)c2-c2ccc([N+](=O)[O-])cc2)c[nH]1. The van der Waals surface area contributed by atoms with Gasteiger partial charge in [-0.1, -0.05) is 5.16 Å². The fourth-order valence-corrected chi connectivity index (χ4v) is 2.38. The Hall–Kier alpha value is -3.62. The number of esters is 1. The quantitative estimate of drug-likeness (QED) is 0.413. The van der Waals surface area contributed by atoms with E-state index in [0.29, 0.717) is 22.5 Å². The van der Waals surface area contributed by atoms with E-state index in [4.69, 9.17) is 15.0 Å². The number of anilines is 1. The van der Waals surface area contributed by atoms with Gasteiger partial charge < -0.3 is 20.0 Å². The van der Waals surface area contributed by atoms with Crippen LogP contribution in [0, 0.1) is 10.1 Å². The number of aromatic nitrogens is 2. The normalized spacial score (nSPS) is 10.6. The number of non-ortho nitro benzene ring substituents is 1. The lowest BCUT2D eigenvalue weighted by molar-refractivity contribution is -0.384. The van der Waals surface area contributed by atoms with Gasteiger partial charge >= 0.3 is 5.97 Å². The molecule has 0 aliphatic heterocycles. The molecule has 3 aromatic rings. The summed E-state index contributed by atoms with van der Waals surface area (Å²) >= 11 is 0. The van der Waals surface area contributed by atoms with Crippen molar-refractivity contribution >= 4 is 17.5 Å². The summed E-state index contributed by atoms with van der Waals surface area (Å²) in [4.78, 5) is 24.9. The topological polar surface area (TPSA) is 137 Å². The van der Waals surface area contributed by atoms with Gasteiger partial charge in [0.15, 0.2) is 11.6 Å². The predicted octanol–water partition coefficient (Wildman–Crippen LogP) is 3.00. The number of hydrogen-bond acceptors (Lipinski definition) is 7. The van der Waals surface area contributed by atoms with Crippen molar-refractivity contribution in [2.45, 2.75) is 6.92 Å². The highest BCUT2D eigenvalue weighted by molar-refractivity contribution is 5.92. The third-order valence-electron chi connectivity index (χ3n) is 3.53. The molecule has 0 aliphatic rings. The summed E-state index contributed by atoms with van der Waals surface area (Å²) in [5.41, 5.74) is 7.77. The Balaban J connectivity index is 2.00. The van der Waals surface area contributed by atoms with Gasteiger partial charge in [0.2, 0.25) is 0 Å². The molecule has 128 valence electrons. The number of carbonyl (C=O) groups is 1. The van der Waals surface area contributed by atoms with E-state index in [1.165, 1.54) is 12.1 Å². The number of nitrogens with one attached hydrogen (secondary N) is 1. The Morgan fingerprint density at radius 1 is 1.36 bits per heavy atom. The highest BCUT2D eigenvalue weighted by Gasteiger charge is 2.21. The number of nitrogens with zero attached hydrogens (tertiary/aromatic N) is 2. The minimum Gasteiger partial charge on any atom is -0.461 e. The summed E-state index contributed by atoms with van der Waals surface area (Å²) in [6, 6.07) is 7.42. The van der Waals surface area contributed by atoms with Gasteiger partial charge in [0.05, 0.1) is 17.1 Å². The lowest BCUT2D eigenvalue weighted by Gasteiger charge is -2.01.